The SMILES string of the molecule is CC(=O)Nc1cccc(NC(=O)C(C)NC(=O)C(C)(C)C)c1C. The second kappa shape index (κ2) is 7.26. The molecule has 0 heterocycles. The Hall–Kier alpha value is -2.37. The highest BCUT2D eigenvalue weighted by atomic mass is 16.2. The van der Waals surface area contributed by atoms with E-state index in [1.807, 2.05) is 0 Å². The van der Waals surface area contributed by atoms with Crippen LogP contribution in [0.1, 0.15) is 40.2 Å². The number of rotatable bonds is 4. The maximum Gasteiger partial charge on any atom is 0.246 e. The van der Waals surface area contributed by atoms with Crippen LogP contribution < -0.4 is 16.0 Å². The molecule has 6 nitrogen and oxygen atoms in total. The summed E-state index contributed by atoms with van der Waals surface area (Å²) >= 11 is 0. The van der Waals surface area contributed by atoms with Crippen molar-refractivity contribution in [2.24, 2.45) is 5.41 Å². The van der Waals surface area contributed by atoms with Crippen molar-refractivity contribution in [3.63, 3.8) is 0 Å². The van der Waals surface area contributed by atoms with Crippen molar-refractivity contribution >= 4 is 29.1 Å². The molecule has 0 aliphatic heterocycles. The Morgan fingerprint density at radius 2 is 1.57 bits per heavy atom. The first-order valence-corrected chi connectivity index (χ1v) is 7.51. The molecule has 3 amide bonds. The monoisotopic (exact) mass is 319 g/mol. The molecule has 1 aromatic rings. The lowest BCUT2D eigenvalue weighted by atomic mass is 9.95. The zero-order valence-corrected chi connectivity index (χ0v) is 14.5. The zero-order valence-electron chi connectivity index (χ0n) is 14.5. The van der Waals surface area contributed by atoms with Crippen molar-refractivity contribution < 1.29 is 14.4 Å². The van der Waals surface area contributed by atoms with E-state index >= 15 is 0 Å². The molecule has 0 saturated carbocycles. The van der Waals surface area contributed by atoms with Crippen LogP contribution in [0.5, 0.6) is 0 Å². The first kappa shape index (κ1) is 18.7. The summed E-state index contributed by atoms with van der Waals surface area (Å²) in [5.74, 6) is -0.683. The Labute approximate surface area is 137 Å². The van der Waals surface area contributed by atoms with E-state index < -0.39 is 11.5 Å². The molecule has 0 saturated heterocycles. The van der Waals surface area contributed by atoms with Crippen molar-refractivity contribution in [1.29, 1.82) is 0 Å². The summed E-state index contributed by atoms with van der Waals surface area (Å²) in [6, 6.07) is 4.59. The quantitative estimate of drug-likeness (QED) is 0.796. The number of benzene rings is 1. The summed E-state index contributed by atoms with van der Waals surface area (Å²) in [6.45, 7) is 10.2. The highest BCUT2D eigenvalue weighted by molar-refractivity contribution is 5.99. The summed E-state index contributed by atoms with van der Waals surface area (Å²) in [4.78, 5) is 35.4. The van der Waals surface area contributed by atoms with Gasteiger partial charge in [0, 0.05) is 23.7 Å². The summed E-state index contributed by atoms with van der Waals surface area (Å²) in [5, 5.41) is 8.17. The standard InChI is InChI=1S/C17H25N3O3/c1-10-13(19-12(3)21)8-7-9-14(10)20-15(22)11(2)18-16(23)17(4,5)6/h7-9,11H,1-6H3,(H,18,23)(H,19,21)(H,20,22). The molecule has 1 aromatic carbocycles. The molecular weight excluding hydrogens is 294 g/mol. The molecule has 126 valence electrons. The van der Waals surface area contributed by atoms with Crippen molar-refractivity contribution in [3.05, 3.63) is 23.8 Å². The van der Waals surface area contributed by atoms with Gasteiger partial charge in [0.15, 0.2) is 0 Å². The summed E-state index contributed by atoms with van der Waals surface area (Å²) < 4.78 is 0. The van der Waals surface area contributed by atoms with Crippen molar-refractivity contribution in [2.75, 3.05) is 10.6 Å². The molecule has 6 heteroatoms. The first-order valence-electron chi connectivity index (χ1n) is 7.51. The van der Waals surface area contributed by atoms with Gasteiger partial charge >= 0.3 is 0 Å². The van der Waals surface area contributed by atoms with Crippen LogP contribution in [0.4, 0.5) is 11.4 Å². The Kier molecular flexibility index (Phi) is 5.90. The second-order valence-corrected chi connectivity index (χ2v) is 6.59. The number of hydrogen-bond donors (Lipinski definition) is 3. The third kappa shape index (κ3) is 5.39. The molecule has 0 spiro atoms. The minimum absolute atomic E-state index is 0.178. The lowest BCUT2D eigenvalue weighted by Crippen LogP contribution is -2.46. The highest BCUT2D eigenvalue weighted by Gasteiger charge is 2.25. The Morgan fingerprint density at radius 3 is 2.04 bits per heavy atom. The van der Waals surface area contributed by atoms with Gasteiger partial charge in [0.1, 0.15) is 6.04 Å². The fourth-order valence-corrected chi connectivity index (χ4v) is 1.82. The average molecular weight is 319 g/mol. The summed E-state index contributed by atoms with van der Waals surface area (Å²) in [6.07, 6.45) is 0. The van der Waals surface area contributed by atoms with E-state index in [2.05, 4.69) is 16.0 Å². The Bertz CT molecular complexity index is 618. The van der Waals surface area contributed by atoms with Gasteiger partial charge in [0.25, 0.3) is 0 Å². The lowest BCUT2D eigenvalue weighted by Gasteiger charge is -2.22. The fraction of sp³-hybridized carbons (Fsp3) is 0.471. The largest absolute Gasteiger partial charge is 0.344 e. The molecule has 0 radical (unpaired) electrons. The van der Waals surface area contributed by atoms with E-state index in [1.54, 1.807) is 52.8 Å². The molecule has 1 rings (SSSR count). The van der Waals surface area contributed by atoms with Gasteiger partial charge in [-0.2, -0.15) is 0 Å². The van der Waals surface area contributed by atoms with Gasteiger partial charge < -0.3 is 16.0 Å². The van der Waals surface area contributed by atoms with Gasteiger partial charge in [-0.05, 0) is 31.5 Å². The normalized spacial score (nSPS) is 12.3. The average Bonchev–Trinajstić information content (AvgIpc) is 2.41. The smallest absolute Gasteiger partial charge is 0.246 e. The van der Waals surface area contributed by atoms with Gasteiger partial charge in [0.2, 0.25) is 17.7 Å². The van der Waals surface area contributed by atoms with Gasteiger partial charge in [0.05, 0.1) is 0 Å². The molecule has 0 bridgehead atoms. The van der Waals surface area contributed by atoms with Crippen LogP contribution >= 0.6 is 0 Å². The third-order valence-electron chi connectivity index (χ3n) is 3.32. The van der Waals surface area contributed by atoms with Gasteiger partial charge in [-0.25, -0.2) is 0 Å². The molecule has 0 aromatic heterocycles. The maximum absolute atomic E-state index is 12.2. The van der Waals surface area contributed by atoms with Crippen molar-refractivity contribution in [2.45, 2.75) is 47.6 Å². The maximum atomic E-state index is 12.2. The number of anilines is 2. The number of amides is 3. The molecule has 1 atom stereocenters. The van der Waals surface area contributed by atoms with Crippen LogP contribution in [0, 0.1) is 12.3 Å². The van der Waals surface area contributed by atoms with Crippen molar-refractivity contribution in [3.8, 4) is 0 Å². The molecule has 0 fully saturated rings. The van der Waals surface area contributed by atoms with Gasteiger partial charge in [-0.3, -0.25) is 14.4 Å². The second-order valence-electron chi connectivity index (χ2n) is 6.59. The van der Waals surface area contributed by atoms with Crippen LogP contribution in [0.25, 0.3) is 0 Å². The number of hydrogen-bond acceptors (Lipinski definition) is 3. The van der Waals surface area contributed by atoms with E-state index in [0.29, 0.717) is 11.4 Å². The van der Waals surface area contributed by atoms with Crippen LogP contribution in [-0.4, -0.2) is 23.8 Å². The lowest BCUT2D eigenvalue weighted by molar-refractivity contribution is -0.131. The first-order chi connectivity index (χ1) is 10.5. The van der Waals surface area contributed by atoms with E-state index in [0.717, 1.165) is 5.56 Å². The number of nitrogens with one attached hydrogen (secondary N) is 3. The molecule has 1 unspecified atom stereocenters. The third-order valence-corrected chi connectivity index (χ3v) is 3.32. The fourth-order valence-electron chi connectivity index (χ4n) is 1.82. The topological polar surface area (TPSA) is 87.3 Å². The van der Waals surface area contributed by atoms with Gasteiger partial charge in [-0.1, -0.05) is 26.8 Å². The number of carbonyl (C=O) groups is 3. The number of carbonyl (C=O) groups excluding carboxylic acids is 3. The highest BCUT2D eigenvalue weighted by Crippen LogP contribution is 2.23. The predicted molar refractivity (Wildman–Crippen MR) is 91.2 cm³/mol. The van der Waals surface area contributed by atoms with Crippen LogP contribution in [0.2, 0.25) is 0 Å². The van der Waals surface area contributed by atoms with E-state index in [-0.39, 0.29) is 17.7 Å². The molecule has 0 aliphatic rings. The van der Waals surface area contributed by atoms with E-state index in [4.69, 9.17) is 0 Å². The van der Waals surface area contributed by atoms with Crippen LogP contribution in [0.15, 0.2) is 18.2 Å². The summed E-state index contributed by atoms with van der Waals surface area (Å²) in [7, 11) is 0. The molecule has 23 heavy (non-hydrogen) atoms. The minimum Gasteiger partial charge on any atom is -0.344 e. The molecular formula is C17H25N3O3. The zero-order chi connectivity index (χ0) is 17.8. The molecule has 3 N–H and O–H groups in total. The Balaban J connectivity index is 2.81. The summed E-state index contributed by atoms with van der Waals surface area (Å²) in [5.41, 5.74) is 1.43. The van der Waals surface area contributed by atoms with Crippen LogP contribution in [0.3, 0.4) is 0 Å². The van der Waals surface area contributed by atoms with E-state index in [1.165, 1.54) is 6.92 Å². The predicted octanol–water partition coefficient (Wildman–Crippen LogP) is 2.44. The van der Waals surface area contributed by atoms with E-state index in [9.17, 15) is 14.4 Å². The van der Waals surface area contributed by atoms with Gasteiger partial charge in [-0.15, -0.1) is 0 Å². The van der Waals surface area contributed by atoms with Crippen molar-refractivity contribution in [1.82, 2.24) is 5.32 Å². The minimum atomic E-state index is -0.662. The molecule has 0 aliphatic carbocycles. The van der Waals surface area contributed by atoms with Crippen LogP contribution in [-0.2, 0) is 14.4 Å². The Morgan fingerprint density at radius 1 is 1.04 bits per heavy atom.